The van der Waals surface area contributed by atoms with E-state index in [0.717, 1.165) is 31.0 Å². The first-order chi connectivity index (χ1) is 11.6. The van der Waals surface area contributed by atoms with Crippen molar-refractivity contribution in [3.8, 4) is 17.2 Å². The van der Waals surface area contributed by atoms with Crippen molar-refractivity contribution in [2.45, 2.75) is 26.2 Å². The Hall–Kier alpha value is -1.38. The molecule has 6 nitrogen and oxygen atoms in total. The zero-order chi connectivity index (χ0) is 17.5. The highest BCUT2D eigenvalue weighted by Gasteiger charge is 2.18. The molecule has 1 aliphatic heterocycles. The molecule has 0 aliphatic carbocycles. The zero-order valence-electron chi connectivity index (χ0n) is 15.6. The fourth-order valence-electron chi connectivity index (χ4n) is 2.99. The molecule has 1 aromatic rings. The average Bonchev–Trinajstić information content (AvgIpc) is 2.61. The number of rotatable bonds is 6. The summed E-state index contributed by atoms with van der Waals surface area (Å²) in [5.74, 6) is 3.38. The Kier molecular flexibility index (Phi) is 9.16. The number of piperidine rings is 1. The first-order valence-corrected chi connectivity index (χ1v) is 8.43. The number of benzene rings is 1. The summed E-state index contributed by atoms with van der Waals surface area (Å²) in [7, 11) is 4.85. The van der Waals surface area contributed by atoms with E-state index in [1.165, 1.54) is 12.8 Å². The minimum Gasteiger partial charge on any atom is -0.493 e. The maximum Gasteiger partial charge on any atom is 0.203 e. The molecule has 0 unspecified atom stereocenters. The summed E-state index contributed by atoms with van der Waals surface area (Å²) in [6.45, 7) is 4.89. The molecule has 0 saturated carbocycles. The van der Waals surface area contributed by atoms with Crippen LogP contribution in [0.5, 0.6) is 17.2 Å². The summed E-state index contributed by atoms with van der Waals surface area (Å²) < 4.78 is 16.2. The lowest BCUT2D eigenvalue weighted by Crippen LogP contribution is -2.42. The van der Waals surface area contributed by atoms with E-state index in [4.69, 9.17) is 19.9 Å². The first-order valence-electron chi connectivity index (χ1n) is 8.43. The second-order valence-corrected chi connectivity index (χ2v) is 6.15. The van der Waals surface area contributed by atoms with E-state index < -0.39 is 0 Å². The number of hydrogen-bond acceptors (Lipinski definition) is 4. The van der Waals surface area contributed by atoms with Gasteiger partial charge in [-0.15, -0.1) is 24.0 Å². The van der Waals surface area contributed by atoms with Gasteiger partial charge in [0.25, 0.3) is 0 Å². The number of ether oxygens (including phenoxy) is 3. The fraction of sp³-hybridized carbons (Fsp3) is 0.611. The molecule has 7 heteroatoms. The molecule has 25 heavy (non-hydrogen) atoms. The minimum absolute atomic E-state index is 0. The van der Waals surface area contributed by atoms with E-state index in [0.29, 0.717) is 29.8 Å². The normalized spacial score (nSPS) is 15.5. The topological polar surface area (TPSA) is 69.3 Å². The van der Waals surface area contributed by atoms with Crippen LogP contribution in [0.4, 0.5) is 0 Å². The van der Waals surface area contributed by atoms with E-state index in [9.17, 15) is 0 Å². The van der Waals surface area contributed by atoms with Crippen LogP contribution >= 0.6 is 24.0 Å². The van der Waals surface area contributed by atoms with Gasteiger partial charge in [0, 0.05) is 25.2 Å². The van der Waals surface area contributed by atoms with Gasteiger partial charge in [-0.25, -0.2) is 0 Å². The van der Waals surface area contributed by atoms with Gasteiger partial charge in [0.05, 0.1) is 21.3 Å². The second-order valence-electron chi connectivity index (χ2n) is 6.15. The number of guanidine groups is 1. The van der Waals surface area contributed by atoms with Gasteiger partial charge in [-0.3, -0.25) is 4.99 Å². The van der Waals surface area contributed by atoms with Crippen LogP contribution < -0.4 is 19.9 Å². The molecule has 0 aromatic heterocycles. The number of nitrogens with zero attached hydrogens (tertiary/aromatic N) is 2. The molecule has 0 atom stereocenters. The molecule has 0 bridgehead atoms. The Bertz CT molecular complexity index is 573. The summed E-state index contributed by atoms with van der Waals surface area (Å²) in [6, 6.07) is 3.87. The van der Waals surface area contributed by atoms with Crippen LogP contribution in [-0.4, -0.2) is 51.8 Å². The molecule has 2 rings (SSSR count). The molecule has 2 N–H and O–H groups in total. The quantitative estimate of drug-likeness (QED) is 0.399. The SMILES string of the molecule is COc1ccc(CCN=C(N)N2CCC(C)CC2)c(OC)c1OC.I. The van der Waals surface area contributed by atoms with Crippen LogP contribution in [0.25, 0.3) is 0 Å². The van der Waals surface area contributed by atoms with Gasteiger partial charge in [-0.1, -0.05) is 13.0 Å². The molecule has 1 aliphatic rings. The predicted octanol–water partition coefficient (Wildman–Crippen LogP) is 2.92. The van der Waals surface area contributed by atoms with Crippen LogP contribution in [0.3, 0.4) is 0 Å². The Morgan fingerprint density at radius 1 is 1.12 bits per heavy atom. The van der Waals surface area contributed by atoms with Gasteiger partial charge in [-0.05, 0) is 31.2 Å². The van der Waals surface area contributed by atoms with Crippen molar-refractivity contribution in [2.75, 3.05) is 41.0 Å². The number of likely N-dealkylation sites (tertiary alicyclic amines) is 1. The highest BCUT2D eigenvalue weighted by atomic mass is 127. The molecular formula is C18H30IN3O3. The van der Waals surface area contributed by atoms with Crippen LogP contribution in [0.15, 0.2) is 17.1 Å². The van der Waals surface area contributed by atoms with Crippen molar-refractivity contribution < 1.29 is 14.2 Å². The number of hydrogen-bond donors (Lipinski definition) is 1. The third-order valence-corrected chi connectivity index (χ3v) is 4.55. The van der Waals surface area contributed by atoms with Crippen molar-refractivity contribution in [3.63, 3.8) is 0 Å². The van der Waals surface area contributed by atoms with Crippen LogP contribution in [-0.2, 0) is 6.42 Å². The Balaban J connectivity index is 0.00000312. The van der Waals surface area contributed by atoms with E-state index >= 15 is 0 Å². The number of aliphatic imine (C=N–C) groups is 1. The van der Waals surface area contributed by atoms with E-state index in [-0.39, 0.29) is 24.0 Å². The maximum absolute atomic E-state index is 6.13. The molecule has 142 valence electrons. The van der Waals surface area contributed by atoms with Gasteiger partial charge in [0.15, 0.2) is 17.5 Å². The molecule has 1 heterocycles. The van der Waals surface area contributed by atoms with E-state index in [1.54, 1.807) is 21.3 Å². The van der Waals surface area contributed by atoms with Crippen molar-refractivity contribution >= 4 is 29.9 Å². The van der Waals surface area contributed by atoms with Crippen LogP contribution in [0.1, 0.15) is 25.3 Å². The molecule has 0 amide bonds. The largest absolute Gasteiger partial charge is 0.493 e. The molecular weight excluding hydrogens is 433 g/mol. The van der Waals surface area contributed by atoms with Crippen molar-refractivity contribution in [1.82, 2.24) is 4.90 Å². The van der Waals surface area contributed by atoms with Crippen molar-refractivity contribution in [2.24, 2.45) is 16.6 Å². The van der Waals surface area contributed by atoms with E-state index in [1.807, 2.05) is 12.1 Å². The number of methoxy groups -OCH3 is 3. The molecule has 0 radical (unpaired) electrons. The highest BCUT2D eigenvalue weighted by molar-refractivity contribution is 14.0. The van der Waals surface area contributed by atoms with Crippen molar-refractivity contribution in [3.05, 3.63) is 17.7 Å². The van der Waals surface area contributed by atoms with Crippen LogP contribution in [0, 0.1) is 5.92 Å². The standard InChI is InChI=1S/C18H29N3O3.HI/c1-13-8-11-21(12-9-13)18(19)20-10-7-14-5-6-15(22-2)17(24-4)16(14)23-3;/h5-6,13H,7-12H2,1-4H3,(H2,19,20);1H. The molecule has 1 saturated heterocycles. The lowest BCUT2D eigenvalue weighted by molar-refractivity contribution is 0.277. The van der Waals surface area contributed by atoms with Crippen molar-refractivity contribution in [1.29, 1.82) is 0 Å². The Morgan fingerprint density at radius 2 is 1.76 bits per heavy atom. The Labute approximate surface area is 167 Å². The molecule has 1 aromatic carbocycles. The highest BCUT2D eigenvalue weighted by Crippen LogP contribution is 2.39. The van der Waals surface area contributed by atoms with Gasteiger partial charge in [0.1, 0.15) is 0 Å². The summed E-state index contributed by atoms with van der Waals surface area (Å²) in [5, 5.41) is 0. The third-order valence-electron chi connectivity index (χ3n) is 4.55. The maximum atomic E-state index is 6.13. The molecule has 0 spiro atoms. The minimum atomic E-state index is 0. The average molecular weight is 463 g/mol. The fourth-order valence-corrected chi connectivity index (χ4v) is 2.99. The summed E-state index contributed by atoms with van der Waals surface area (Å²) in [6.07, 6.45) is 3.09. The van der Waals surface area contributed by atoms with E-state index in [2.05, 4.69) is 16.8 Å². The van der Waals surface area contributed by atoms with Gasteiger partial charge < -0.3 is 24.8 Å². The molecule has 1 fully saturated rings. The van der Waals surface area contributed by atoms with Gasteiger partial charge >= 0.3 is 0 Å². The number of halogens is 1. The summed E-state index contributed by atoms with van der Waals surface area (Å²) in [5.41, 5.74) is 7.16. The lowest BCUT2D eigenvalue weighted by Gasteiger charge is -2.31. The van der Waals surface area contributed by atoms with Gasteiger partial charge in [-0.2, -0.15) is 0 Å². The predicted molar refractivity (Wildman–Crippen MR) is 112 cm³/mol. The summed E-state index contributed by atoms with van der Waals surface area (Å²) in [4.78, 5) is 6.71. The smallest absolute Gasteiger partial charge is 0.203 e. The second kappa shape index (κ2) is 10.6. The van der Waals surface area contributed by atoms with Gasteiger partial charge in [0.2, 0.25) is 5.75 Å². The first kappa shape index (κ1) is 21.7. The number of nitrogens with two attached hydrogens (primary N) is 1. The lowest BCUT2D eigenvalue weighted by atomic mass is 10.00. The monoisotopic (exact) mass is 463 g/mol. The van der Waals surface area contributed by atoms with Crippen LogP contribution in [0.2, 0.25) is 0 Å². The Morgan fingerprint density at radius 3 is 2.32 bits per heavy atom. The third kappa shape index (κ3) is 5.55. The summed E-state index contributed by atoms with van der Waals surface area (Å²) >= 11 is 0. The zero-order valence-corrected chi connectivity index (χ0v) is 17.9.